The molecule has 4 rings (SSSR count). The second kappa shape index (κ2) is 10.2. The molecule has 0 spiro atoms. The maximum absolute atomic E-state index is 14.4. The monoisotopic (exact) mass is 485 g/mol. The van der Waals surface area contributed by atoms with E-state index in [1.807, 2.05) is 43.3 Å². The summed E-state index contributed by atoms with van der Waals surface area (Å²) in [6, 6.07) is 25.0. The average molecular weight is 486 g/mol. The number of nitrogens with one attached hydrogen (secondary N) is 1. The Morgan fingerprint density at radius 2 is 1.47 bits per heavy atom. The van der Waals surface area contributed by atoms with Crippen LogP contribution in [0.15, 0.2) is 84.9 Å². The Morgan fingerprint density at radius 1 is 0.906 bits per heavy atom. The fourth-order valence-electron chi connectivity index (χ4n) is 2.94. The first-order valence-corrected chi connectivity index (χ1v) is 12.8. The minimum atomic E-state index is -3.89. The van der Waals surface area contributed by atoms with E-state index in [2.05, 4.69) is 15.5 Å². The van der Waals surface area contributed by atoms with Gasteiger partial charge in [0.15, 0.2) is 5.78 Å². The van der Waals surface area contributed by atoms with E-state index in [1.165, 1.54) is 11.3 Å². The van der Waals surface area contributed by atoms with Gasteiger partial charge in [-0.25, -0.2) is 4.57 Å². The Morgan fingerprint density at radius 3 is 1.97 bits per heavy atom. The molecule has 0 aliphatic rings. The third kappa shape index (κ3) is 5.49. The fourth-order valence-corrected chi connectivity index (χ4v) is 5.76. The van der Waals surface area contributed by atoms with Gasteiger partial charge in [-0.1, -0.05) is 78.4 Å². The van der Waals surface area contributed by atoms with E-state index in [1.54, 1.807) is 48.5 Å². The second-order valence-electron chi connectivity index (χ2n) is 6.80. The quantitative estimate of drug-likeness (QED) is 0.252. The fraction of sp³-hybridized carbons (Fsp3) is 0.130. The van der Waals surface area contributed by atoms with E-state index in [4.69, 9.17) is 20.6 Å². The van der Waals surface area contributed by atoms with Crippen molar-refractivity contribution in [2.75, 3.05) is 5.32 Å². The molecule has 0 aliphatic heterocycles. The zero-order valence-electron chi connectivity index (χ0n) is 17.2. The van der Waals surface area contributed by atoms with Gasteiger partial charge >= 0.3 is 7.60 Å². The Hall–Kier alpha value is -2.86. The van der Waals surface area contributed by atoms with Gasteiger partial charge < -0.3 is 14.4 Å². The van der Waals surface area contributed by atoms with E-state index in [9.17, 15) is 4.57 Å². The van der Waals surface area contributed by atoms with Crippen molar-refractivity contribution >= 4 is 35.7 Å². The van der Waals surface area contributed by atoms with E-state index >= 15 is 0 Å². The average Bonchev–Trinajstić information content (AvgIpc) is 3.27. The summed E-state index contributed by atoms with van der Waals surface area (Å²) < 4.78 is 26.5. The number of nitrogens with zero attached hydrogens (tertiary/aromatic N) is 2. The Balaban J connectivity index is 1.78. The van der Waals surface area contributed by atoms with Gasteiger partial charge in [-0.15, -0.1) is 10.2 Å². The largest absolute Gasteiger partial charge is 0.457 e. The molecule has 1 atom stereocenters. The van der Waals surface area contributed by atoms with Crippen molar-refractivity contribution in [2.45, 2.75) is 19.1 Å². The van der Waals surface area contributed by atoms with Crippen molar-refractivity contribution in [3.05, 3.63) is 101 Å². The number of halogens is 1. The molecule has 32 heavy (non-hydrogen) atoms. The van der Waals surface area contributed by atoms with E-state index in [0.29, 0.717) is 27.2 Å². The predicted molar refractivity (Wildman–Crippen MR) is 129 cm³/mol. The second-order valence-corrected chi connectivity index (χ2v) is 10.3. The molecule has 4 aromatic rings. The number of hydrogen-bond donors (Lipinski definition) is 1. The van der Waals surface area contributed by atoms with Crippen LogP contribution in [-0.4, -0.2) is 10.2 Å². The van der Waals surface area contributed by atoms with Gasteiger partial charge in [0.25, 0.3) is 0 Å². The third-order valence-corrected chi connectivity index (χ3v) is 7.72. The standard InChI is InChI=1S/C23H21ClN3O3PS/c1-2-21-26-27-23(32-21)25-22(17-13-15-18(24)16-14-17)31(28,29-19-9-5-3-6-10-19)30-20-11-7-4-8-12-20/h3-16,22H,2H2,1H3,(H,25,27). The first-order valence-electron chi connectivity index (χ1n) is 9.99. The SMILES string of the molecule is CCc1nnc(NC(c2ccc(Cl)cc2)P(=O)(Oc2ccccc2)Oc2ccccc2)s1. The highest BCUT2D eigenvalue weighted by Gasteiger charge is 2.41. The molecule has 1 aromatic heterocycles. The van der Waals surface area contributed by atoms with Gasteiger partial charge in [0.05, 0.1) is 0 Å². The molecule has 0 fully saturated rings. The van der Waals surface area contributed by atoms with Gasteiger partial charge in [-0.05, 0) is 48.4 Å². The molecular formula is C23H21ClN3O3PS. The smallest absolute Gasteiger partial charge is 0.414 e. The highest BCUT2D eigenvalue weighted by atomic mass is 35.5. The molecule has 0 aliphatic carbocycles. The van der Waals surface area contributed by atoms with Crippen LogP contribution in [0.5, 0.6) is 11.5 Å². The first-order chi connectivity index (χ1) is 15.6. The number of rotatable bonds is 9. The van der Waals surface area contributed by atoms with Crippen molar-refractivity contribution in [2.24, 2.45) is 0 Å². The predicted octanol–water partition coefficient (Wildman–Crippen LogP) is 7.22. The highest BCUT2D eigenvalue weighted by molar-refractivity contribution is 7.55. The summed E-state index contributed by atoms with van der Waals surface area (Å²) in [5.41, 5.74) is 0.679. The van der Waals surface area contributed by atoms with Crippen LogP contribution in [-0.2, 0) is 11.0 Å². The van der Waals surface area contributed by atoms with Gasteiger partial charge in [-0.3, -0.25) is 0 Å². The number of aromatic nitrogens is 2. The van der Waals surface area contributed by atoms with Crippen molar-refractivity contribution < 1.29 is 13.6 Å². The van der Waals surface area contributed by atoms with Crippen LogP contribution in [0.3, 0.4) is 0 Å². The third-order valence-electron chi connectivity index (χ3n) is 4.48. The normalized spacial score (nSPS) is 12.2. The van der Waals surface area contributed by atoms with Crippen LogP contribution in [0.25, 0.3) is 0 Å². The molecule has 0 amide bonds. The van der Waals surface area contributed by atoms with Gasteiger partial charge in [-0.2, -0.15) is 0 Å². The van der Waals surface area contributed by atoms with Crippen LogP contribution in [0.4, 0.5) is 5.13 Å². The summed E-state index contributed by atoms with van der Waals surface area (Å²) in [6.45, 7) is 2.00. The van der Waals surface area contributed by atoms with Gasteiger partial charge in [0.2, 0.25) is 5.13 Å². The molecule has 6 nitrogen and oxygen atoms in total. The summed E-state index contributed by atoms with van der Waals surface area (Å²) in [5.74, 6) is -0.00378. The highest BCUT2D eigenvalue weighted by Crippen LogP contribution is 2.60. The summed E-state index contributed by atoms with van der Waals surface area (Å²) in [4.78, 5) is 0. The van der Waals surface area contributed by atoms with Crippen LogP contribution >= 0.6 is 30.5 Å². The Kier molecular flexibility index (Phi) is 7.10. The number of benzene rings is 3. The van der Waals surface area contributed by atoms with Crippen LogP contribution in [0.1, 0.15) is 23.3 Å². The summed E-state index contributed by atoms with van der Waals surface area (Å²) in [7, 11) is -3.89. The minimum absolute atomic E-state index is 0.430. The lowest BCUT2D eigenvalue weighted by molar-refractivity contribution is 0.376. The summed E-state index contributed by atoms with van der Waals surface area (Å²) in [6.07, 6.45) is 0.754. The first kappa shape index (κ1) is 22.3. The zero-order valence-corrected chi connectivity index (χ0v) is 19.7. The number of para-hydroxylation sites is 2. The van der Waals surface area contributed by atoms with Crippen molar-refractivity contribution in [1.82, 2.24) is 10.2 Å². The summed E-state index contributed by atoms with van der Waals surface area (Å²) in [5, 5.41) is 13.6. The van der Waals surface area contributed by atoms with Crippen molar-refractivity contribution in [3.63, 3.8) is 0 Å². The van der Waals surface area contributed by atoms with Crippen molar-refractivity contribution in [1.29, 1.82) is 0 Å². The number of aryl methyl sites for hydroxylation is 1. The molecule has 1 N–H and O–H groups in total. The molecule has 0 saturated heterocycles. The molecule has 0 radical (unpaired) electrons. The van der Waals surface area contributed by atoms with E-state index in [0.717, 1.165) is 11.4 Å². The van der Waals surface area contributed by atoms with Gasteiger partial charge in [0.1, 0.15) is 16.5 Å². The molecule has 3 aromatic carbocycles. The number of hydrogen-bond acceptors (Lipinski definition) is 7. The molecule has 1 heterocycles. The Bertz CT molecular complexity index is 1140. The molecule has 0 bridgehead atoms. The van der Waals surface area contributed by atoms with E-state index < -0.39 is 13.4 Å². The molecule has 0 saturated carbocycles. The van der Waals surface area contributed by atoms with Crippen molar-refractivity contribution in [3.8, 4) is 11.5 Å². The molecule has 164 valence electrons. The molecule has 9 heteroatoms. The lowest BCUT2D eigenvalue weighted by atomic mass is 10.2. The number of anilines is 1. The zero-order chi connectivity index (χ0) is 22.4. The lowest BCUT2D eigenvalue weighted by Crippen LogP contribution is -2.18. The molecule has 1 unspecified atom stereocenters. The van der Waals surface area contributed by atoms with Crippen LogP contribution in [0, 0.1) is 0 Å². The van der Waals surface area contributed by atoms with Crippen LogP contribution < -0.4 is 14.4 Å². The molecular weight excluding hydrogens is 465 g/mol. The van der Waals surface area contributed by atoms with Gasteiger partial charge in [0, 0.05) is 5.02 Å². The maximum Gasteiger partial charge on any atom is 0.457 e. The minimum Gasteiger partial charge on any atom is -0.414 e. The Labute approximate surface area is 195 Å². The van der Waals surface area contributed by atoms with Crippen LogP contribution in [0.2, 0.25) is 5.02 Å². The van der Waals surface area contributed by atoms with E-state index in [-0.39, 0.29) is 0 Å². The summed E-state index contributed by atoms with van der Waals surface area (Å²) >= 11 is 7.50. The topological polar surface area (TPSA) is 73.3 Å². The lowest BCUT2D eigenvalue weighted by Gasteiger charge is -2.28. The maximum atomic E-state index is 14.4.